The first-order chi connectivity index (χ1) is 14.5. The van der Waals surface area contributed by atoms with Crippen LogP contribution in [0, 0.1) is 0 Å². The Morgan fingerprint density at radius 2 is 1.97 bits per heavy atom. The van der Waals surface area contributed by atoms with Crippen LogP contribution < -0.4 is 14.8 Å². The molecular formula is C22H23ClN2O5. The Kier molecular flexibility index (Phi) is 6.84. The van der Waals surface area contributed by atoms with Crippen LogP contribution in [0.1, 0.15) is 18.5 Å². The van der Waals surface area contributed by atoms with Gasteiger partial charge >= 0.3 is 12.0 Å². The van der Waals surface area contributed by atoms with E-state index >= 15 is 0 Å². The summed E-state index contributed by atoms with van der Waals surface area (Å²) in [6.07, 6.45) is 0. The molecule has 1 unspecified atom stereocenters. The Hall–Kier alpha value is -3.19. The van der Waals surface area contributed by atoms with E-state index in [4.69, 9.17) is 25.8 Å². The van der Waals surface area contributed by atoms with Gasteiger partial charge in [-0.05, 0) is 36.8 Å². The van der Waals surface area contributed by atoms with Crippen molar-refractivity contribution in [2.45, 2.75) is 13.0 Å². The fourth-order valence-corrected chi connectivity index (χ4v) is 3.35. The SMILES string of the molecule is CCOC(=O)C1=C(COc2ccccc2Cl)N(C)C(=O)NC1c1cccc(OC)c1. The number of urea groups is 1. The van der Waals surface area contributed by atoms with Gasteiger partial charge in [0, 0.05) is 7.05 Å². The first-order valence-electron chi connectivity index (χ1n) is 9.42. The second-order valence-corrected chi connectivity index (χ2v) is 6.93. The zero-order valence-corrected chi connectivity index (χ0v) is 17.7. The number of amides is 2. The van der Waals surface area contributed by atoms with Crippen LogP contribution in [0.3, 0.4) is 0 Å². The van der Waals surface area contributed by atoms with Gasteiger partial charge in [0.25, 0.3) is 0 Å². The molecule has 2 aromatic rings. The predicted octanol–water partition coefficient (Wildman–Crippen LogP) is 3.94. The highest BCUT2D eigenvalue weighted by Crippen LogP contribution is 2.33. The summed E-state index contributed by atoms with van der Waals surface area (Å²) in [4.78, 5) is 26.9. The summed E-state index contributed by atoms with van der Waals surface area (Å²) in [5.74, 6) is 0.528. The number of likely N-dealkylation sites (N-methyl/N-ethyl adjacent to an activating group) is 1. The fraction of sp³-hybridized carbons (Fsp3) is 0.273. The third-order valence-corrected chi connectivity index (χ3v) is 5.01. The summed E-state index contributed by atoms with van der Waals surface area (Å²) in [5, 5.41) is 3.29. The average Bonchev–Trinajstić information content (AvgIpc) is 2.75. The molecule has 1 aliphatic rings. The maximum absolute atomic E-state index is 12.9. The van der Waals surface area contributed by atoms with Gasteiger partial charge in [-0.2, -0.15) is 0 Å². The number of carbonyl (C=O) groups excluding carboxylic acids is 2. The van der Waals surface area contributed by atoms with Crippen molar-refractivity contribution >= 4 is 23.6 Å². The number of methoxy groups -OCH3 is 1. The number of carbonyl (C=O) groups is 2. The quantitative estimate of drug-likeness (QED) is 0.673. The van der Waals surface area contributed by atoms with E-state index in [1.54, 1.807) is 63.5 Å². The Balaban J connectivity index is 2.05. The average molecular weight is 431 g/mol. The summed E-state index contributed by atoms with van der Waals surface area (Å²) in [6.45, 7) is 1.88. The minimum absolute atomic E-state index is 0.0394. The Bertz CT molecular complexity index is 976. The molecule has 0 spiro atoms. The number of para-hydroxylation sites is 1. The molecule has 0 saturated heterocycles. The van der Waals surface area contributed by atoms with Crippen LogP contribution in [0.5, 0.6) is 11.5 Å². The van der Waals surface area contributed by atoms with Crippen molar-refractivity contribution in [3.63, 3.8) is 0 Å². The smallest absolute Gasteiger partial charge is 0.338 e. The summed E-state index contributed by atoms with van der Waals surface area (Å²) >= 11 is 6.17. The van der Waals surface area contributed by atoms with E-state index in [2.05, 4.69) is 5.32 Å². The number of hydrogen-bond acceptors (Lipinski definition) is 5. The highest BCUT2D eigenvalue weighted by molar-refractivity contribution is 6.32. The van der Waals surface area contributed by atoms with Crippen LogP contribution in [-0.4, -0.2) is 44.3 Å². The molecule has 0 fully saturated rings. The van der Waals surface area contributed by atoms with Gasteiger partial charge in [0.15, 0.2) is 0 Å². The Morgan fingerprint density at radius 3 is 2.67 bits per heavy atom. The topological polar surface area (TPSA) is 77.1 Å². The van der Waals surface area contributed by atoms with Crippen LogP contribution in [0.2, 0.25) is 5.02 Å². The normalized spacial score (nSPS) is 16.2. The first-order valence-corrected chi connectivity index (χ1v) is 9.79. The molecule has 7 nitrogen and oxygen atoms in total. The molecule has 158 valence electrons. The molecule has 1 N–H and O–H groups in total. The van der Waals surface area contributed by atoms with Gasteiger partial charge in [-0.25, -0.2) is 9.59 Å². The maximum atomic E-state index is 12.9. The summed E-state index contributed by atoms with van der Waals surface area (Å²) in [6, 6.07) is 13.1. The monoisotopic (exact) mass is 430 g/mol. The molecule has 0 saturated carbocycles. The van der Waals surface area contributed by atoms with Gasteiger partial charge in [0.2, 0.25) is 0 Å². The highest BCUT2D eigenvalue weighted by Gasteiger charge is 2.37. The Morgan fingerprint density at radius 1 is 1.20 bits per heavy atom. The van der Waals surface area contributed by atoms with Crippen molar-refractivity contribution in [3.8, 4) is 11.5 Å². The number of rotatable bonds is 7. The molecule has 0 radical (unpaired) electrons. The summed E-state index contributed by atoms with van der Waals surface area (Å²) < 4.78 is 16.4. The zero-order chi connectivity index (χ0) is 21.7. The molecule has 1 atom stereocenters. The van der Waals surface area contributed by atoms with Crippen LogP contribution in [0.4, 0.5) is 4.79 Å². The largest absolute Gasteiger partial charge is 0.497 e. The number of benzene rings is 2. The highest BCUT2D eigenvalue weighted by atomic mass is 35.5. The van der Waals surface area contributed by atoms with Crippen molar-refractivity contribution < 1.29 is 23.8 Å². The van der Waals surface area contributed by atoms with E-state index < -0.39 is 12.0 Å². The van der Waals surface area contributed by atoms with Gasteiger partial charge in [0.05, 0.1) is 36.1 Å². The number of nitrogens with zero attached hydrogens (tertiary/aromatic N) is 1. The van der Waals surface area contributed by atoms with Crippen molar-refractivity contribution in [3.05, 3.63) is 70.4 Å². The molecule has 8 heteroatoms. The standard InChI is InChI=1S/C22H23ClN2O5/c1-4-29-21(26)19-17(13-30-18-11-6-5-10-16(18)23)25(2)22(27)24-20(19)14-8-7-9-15(12-14)28-3/h5-12,20H,4,13H2,1-3H3,(H,24,27). The molecule has 2 aromatic carbocycles. The molecular weight excluding hydrogens is 408 g/mol. The zero-order valence-electron chi connectivity index (χ0n) is 17.0. The van der Waals surface area contributed by atoms with Crippen molar-refractivity contribution in [2.75, 3.05) is 27.4 Å². The third kappa shape index (κ3) is 4.52. The molecule has 0 aromatic heterocycles. The fourth-order valence-electron chi connectivity index (χ4n) is 3.16. The molecule has 0 bridgehead atoms. The maximum Gasteiger partial charge on any atom is 0.338 e. The van der Waals surface area contributed by atoms with E-state index in [1.807, 2.05) is 6.07 Å². The van der Waals surface area contributed by atoms with E-state index in [-0.39, 0.29) is 19.2 Å². The van der Waals surface area contributed by atoms with Crippen LogP contribution in [0.25, 0.3) is 0 Å². The lowest BCUT2D eigenvalue weighted by atomic mass is 9.94. The van der Waals surface area contributed by atoms with Crippen molar-refractivity contribution in [2.24, 2.45) is 0 Å². The number of esters is 1. The molecule has 0 aliphatic carbocycles. The second kappa shape index (κ2) is 9.54. The minimum Gasteiger partial charge on any atom is -0.497 e. The lowest BCUT2D eigenvalue weighted by molar-refractivity contribution is -0.139. The first kappa shape index (κ1) is 21.5. The molecule has 30 heavy (non-hydrogen) atoms. The lowest BCUT2D eigenvalue weighted by Gasteiger charge is -2.34. The molecule has 2 amide bonds. The number of hydrogen-bond donors (Lipinski definition) is 1. The number of nitrogens with one attached hydrogen (secondary N) is 1. The van der Waals surface area contributed by atoms with Crippen LogP contribution in [0.15, 0.2) is 59.8 Å². The van der Waals surface area contributed by atoms with Gasteiger partial charge in [0.1, 0.15) is 18.1 Å². The van der Waals surface area contributed by atoms with E-state index in [0.717, 1.165) is 0 Å². The van der Waals surface area contributed by atoms with E-state index in [0.29, 0.717) is 33.4 Å². The molecule has 1 aliphatic heterocycles. The Labute approximate surface area is 180 Å². The van der Waals surface area contributed by atoms with Gasteiger partial charge in [-0.1, -0.05) is 35.9 Å². The van der Waals surface area contributed by atoms with Gasteiger partial charge in [-0.3, -0.25) is 4.90 Å². The third-order valence-electron chi connectivity index (χ3n) is 4.70. The van der Waals surface area contributed by atoms with Gasteiger partial charge < -0.3 is 19.5 Å². The predicted molar refractivity (Wildman–Crippen MR) is 113 cm³/mol. The van der Waals surface area contributed by atoms with Crippen LogP contribution >= 0.6 is 11.6 Å². The summed E-state index contributed by atoms with van der Waals surface area (Å²) in [5.41, 5.74) is 1.37. The number of ether oxygens (including phenoxy) is 3. The molecule has 3 rings (SSSR count). The van der Waals surface area contributed by atoms with Crippen LogP contribution in [-0.2, 0) is 9.53 Å². The molecule has 1 heterocycles. The van der Waals surface area contributed by atoms with E-state index in [9.17, 15) is 9.59 Å². The van der Waals surface area contributed by atoms with Crippen molar-refractivity contribution in [1.29, 1.82) is 0 Å². The van der Waals surface area contributed by atoms with E-state index in [1.165, 1.54) is 4.90 Å². The lowest BCUT2D eigenvalue weighted by Crippen LogP contribution is -2.48. The van der Waals surface area contributed by atoms with Crippen molar-refractivity contribution in [1.82, 2.24) is 10.2 Å². The number of halogens is 1. The van der Waals surface area contributed by atoms with Gasteiger partial charge in [-0.15, -0.1) is 0 Å². The minimum atomic E-state index is -0.715. The second-order valence-electron chi connectivity index (χ2n) is 6.52. The summed E-state index contributed by atoms with van der Waals surface area (Å²) in [7, 11) is 3.12.